The maximum absolute atomic E-state index is 13.0. The molecule has 5 rings (SSSR count). The lowest BCUT2D eigenvalue weighted by atomic mass is 10.1. The molecule has 1 N–H and O–H groups in total. The Labute approximate surface area is 174 Å². The third kappa shape index (κ3) is 3.53. The maximum Gasteiger partial charge on any atom is 0.254 e. The summed E-state index contributed by atoms with van der Waals surface area (Å²) >= 11 is 0. The van der Waals surface area contributed by atoms with E-state index >= 15 is 0 Å². The largest absolute Gasteiger partial charge is 0.468 e. The number of rotatable bonds is 0. The van der Waals surface area contributed by atoms with Crippen LogP contribution in [-0.2, 0) is 13.1 Å². The summed E-state index contributed by atoms with van der Waals surface area (Å²) in [5, 5.41) is 3.57. The van der Waals surface area contributed by atoms with Gasteiger partial charge in [0.1, 0.15) is 11.5 Å². The summed E-state index contributed by atoms with van der Waals surface area (Å²) in [5.74, 6) is 1.04. The molecule has 1 amide bonds. The van der Waals surface area contributed by atoms with Crippen LogP contribution in [-0.4, -0.2) is 39.5 Å². The molecule has 1 aromatic heterocycles. The number of ether oxygens (including phenoxy) is 1. The Morgan fingerprint density at radius 3 is 3.07 bits per heavy atom. The van der Waals surface area contributed by atoms with Crippen molar-refractivity contribution in [1.29, 1.82) is 0 Å². The lowest BCUT2D eigenvalue weighted by Crippen LogP contribution is -2.35. The van der Waals surface area contributed by atoms with Crippen molar-refractivity contribution in [3.63, 3.8) is 0 Å². The van der Waals surface area contributed by atoms with Crippen molar-refractivity contribution in [3.8, 4) is 11.5 Å². The average Bonchev–Trinajstić information content (AvgIpc) is 3.41. The molecular formula is C23H21N5O2. The molecule has 0 aliphatic carbocycles. The van der Waals surface area contributed by atoms with Crippen LogP contribution in [0.25, 0.3) is 4.85 Å². The number of hydrogen-bond acceptors (Lipinski definition) is 4. The van der Waals surface area contributed by atoms with E-state index in [1.165, 1.54) is 0 Å². The summed E-state index contributed by atoms with van der Waals surface area (Å²) in [7, 11) is 0. The second-order valence-corrected chi connectivity index (χ2v) is 7.67. The average molecular weight is 399 g/mol. The highest BCUT2D eigenvalue weighted by molar-refractivity contribution is 5.94. The Bertz CT molecular complexity index is 1150. The van der Waals surface area contributed by atoms with Gasteiger partial charge in [-0.2, -0.15) is 0 Å². The van der Waals surface area contributed by atoms with Gasteiger partial charge in [0, 0.05) is 44.0 Å². The van der Waals surface area contributed by atoms with Gasteiger partial charge in [0.05, 0.1) is 18.6 Å². The number of nitrogens with one attached hydrogen (secondary N) is 1. The lowest BCUT2D eigenvalue weighted by Gasteiger charge is -2.19. The van der Waals surface area contributed by atoms with Crippen LogP contribution in [0.3, 0.4) is 0 Å². The fourth-order valence-corrected chi connectivity index (χ4v) is 4.03. The van der Waals surface area contributed by atoms with Gasteiger partial charge < -0.3 is 19.5 Å². The molecule has 2 aliphatic rings. The Hall–Kier alpha value is -3.63. The number of benzene rings is 2. The van der Waals surface area contributed by atoms with E-state index in [-0.39, 0.29) is 11.9 Å². The molecule has 0 saturated carbocycles. The topological polar surface area (TPSA) is 63.8 Å². The monoisotopic (exact) mass is 399 g/mol. The first-order chi connectivity index (χ1) is 14.7. The van der Waals surface area contributed by atoms with Gasteiger partial charge in [0.25, 0.3) is 5.91 Å². The van der Waals surface area contributed by atoms with Crippen LogP contribution >= 0.6 is 0 Å². The quantitative estimate of drug-likeness (QED) is 0.587. The van der Waals surface area contributed by atoms with E-state index in [0.29, 0.717) is 42.4 Å². The highest BCUT2D eigenvalue weighted by Gasteiger charge is 2.27. The second-order valence-electron chi connectivity index (χ2n) is 7.67. The van der Waals surface area contributed by atoms with E-state index in [1.54, 1.807) is 12.1 Å². The molecule has 0 spiro atoms. The third-order valence-electron chi connectivity index (χ3n) is 5.65. The van der Waals surface area contributed by atoms with Gasteiger partial charge >= 0.3 is 0 Å². The third-order valence-corrected chi connectivity index (χ3v) is 5.65. The van der Waals surface area contributed by atoms with Gasteiger partial charge in [0.2, 0.25) is 5.69 Å². The van der Waals surface area contributed by atoms with Crippen molar-refractivity contribution >= 4 is 11.6 Å². The van der Waals surface area contributed by atoms with E-state index in [4.69, 9.17) is 11.3 Å². The molecule has 3 heterocycles. The first-order valence-corrected chi connectivity index (χ1v) is 9.99. The van der Waals surface area contributed by atoms with Crippen LogP contribution < -0.4 is 10.1 Å². The molecule has 7 heteroatoms. The van der Waals surface area contributed by atoms with E-state index in [0.717, 1.165) is 24.2 Å². The van der Waals surface area contributed by atoms with Gasteiger partial charge in [-0.25, -0.2) is 9.83 Å². The highest BCUT2D eigenvalue weighted by Crippen LogP contribution is 2.34. The predicted molar refractivity (Wildman–Crippen MR) is 112 cm³/mol. The fourth-order valence-electron chi connectivity index (χ4n) is 4.03. The Morgan fingerprint density at radius 1 is 1.23 bits per heavy atom. The van der Waals surface area contributed by atoms with Crippen LogP contribution in [0.1, 0.15) is 28.0 Å². The number of hydrogen-bond donors (Lipinski definition) is 1. The van der Waals surface area contributed by atoms with Crippen LogP contribution in [0.5, 0.6) is 11.5 Å². The minimum atomic E-state index is 0.000962. The van der Waals surface area contributed by atoms with Crippen molar-refractivity contribution in [2.45, 2.75) is 25.6 Å². The predicted octanol–water partition coefficient (Wildman–Crippen LogP) is 3.59. The Balaban J connectivity index is 1.57. The molecule has 2 aromatic carbocycles. The van der Waals surface area contributed by atoms with Crippen LogP contribution in [0.2, 0.25) is 0 Å². The first kappa shape index (κ1) is 18.4. The molecule has 150 valence electrons. The molecule has 30 heavy (non-hydrogen) atoms. The number of carbonyl (C=O) groups is 1. The van der Waals surface area contributed by atoms with E-state index in [2.05, 4.69) is 19.7 Å². The standard InChI is InChI=1S/C23H21N5O2/c1-24-21-6-5-16-9-22(21)30-20-4-2-3-17(10-20)23(29)27-8-7-18(14-27)26-12-19-11-25-15-28(19)13-16/h2-6,9-11,15,18,26H,7-8,12-14H2/t18-/m1/s1. The van der Waals surface area contributed by atoms with Crippen molar-refractivity contribution in [3.05, 3.63) is 83.2 Å². The van der Waals surface area contributed by atoms with Crippen molar-refractivity contribution in [1.82, 2.24) is 19.8 Å². The number of amides is 1. The Morgan fingerprint density at radius 2 is 2.17 bits per heavy atom. The van der Waals surface area contributed by atoms with Crippen molar-refractivity contribution < 1.29 is 9.53 Å². The summed E-state index contributed by atoms with van der Waals surface area (Å²) in [6.45, 7) is 10.2. The molecule has 2 aliphatic heterocycles. The maximum atomic E-state index is 13.0. The number of fused-ring (bicyclic) bond motifs is 7. The first-order valence-electron chi connectivity index (χ1n) is 9.99. The van der Waals surface area contributed by atoms with Crippen LogP contribution in [0, 0.1) is 6.57 Å². The summed E-state index contributed by atoms with van der Waals surface area (Å²) in [4.78, 5) is 22.8. The minimum Gasteiger partial charge on any atom is -0.468 e. The number of aromatic nitrogens is 2. The second kappa shape index (κ2) is 7.65. The molecule has 1 fully saturated rings. The van der Waals surface area contributed by atoms with Crippen molar-refractivity contribution in [2.24, 2.45) is 0 Å². The van der Waals surface area contributed by atoms with E-state index in [1.807, 2.05) is 47.8 Å². The number of nitrogens with zero attached hydrogens (tertiary/aromatic N) is 4. The summed E-state index contributed by atoms with van der Waals surface area (Å²) in [5.41, 5.74) is 3.13. The zero-order valence-corrected chi connectivity index (χ0v) is 16.4. The van der Waals surface area contributed by atoms with Crippen molar-refractivity contribution in [2.75, 3.05) is 13.1 Å². The van der Waals surface area contributed by atoms with Crippen LogP contribution in [0.4, 0.5) is 5.69 Å². The SMILES string of the molecule is [C-]#[N+]c1ccc2cc1Oc1cccc(c1)C(=O)N1CC[C@H](C1)NCc1cncn1C2. The van der Waals surface area contributed by atoms with Gasteiger partial charge in [-0.1, -0.05) is 18.2 Å². The molecule has 3 aromatic rings. The smallest absolute Gasteiger partial charge is 0.254 e. The highest BCUT2D eigenvalue weighted by atomic mass is 16.5. The Kier molecular flexibility index (Phi) is 4.69. The zero-order valence-electron chi connectivity index (χ0n) is 16.4. The molecule has 7 nitrogen and oxygen atoms in total. The van der Waals surface area contributed by atoms with E-state index < -0.39 is 0 Å². The van der Waals surface area contributed by atoms with E-state index in [9.17, 15) is 4.79 Å². The molecular weight excluding hydrogens is 378 g/mol. The van der Waals surface area contributed by atoms with Gasteiger partial charge in [-0.15, -0.1) is 0 Å². The fraction of sp³-hybridized carbons (Fsp3) is 0.261. The number of imidazole rings is 1. The van der Waals surface area contributed by atoms with Gasteiger partial charge in [0.15, 0.2) is 0 Å². The molecule has 6 bridgehead atoms. The molecule has 1 atom stereocenters. The van der Waals surface area contributed by atoms with Gasteiger partial charge in [-0.05, 0) is 36.2 Å². The summed E-state index contributed by atoms with van der Waals surface area (Å²) in [6.07, 6.45) is 4.60. The minimum absolute atomic E-state index is 0.000962. The van der Waals surface area contributed by atoms with Gasteiger partial charge in [-0.3, -0.25) is 4.79 Å². The number of carbonyl (C=O) groups excluding carboxylic acids is 1. The van der Waals surface area contributed by atoms with Crippen LogP contribution in [0.15, 0.2) is 55.0 Å². The normalized spacial score (nSPS) is 18.4. The zero-order chi connectivity index (χ0) is 20.5. The summed E-state index contributed by atoms with van der Waals surface area (Å²) in [6, 6.07) is 13.0. The molecule has 0 unspecified atom stereocenters. The lowest BCUT2D eigenvalue weighted by molar-refractivity contribution is 0.0789. The molecule has 1 saturated heterocycles. The molecule has 0 radical (unpaired) electrons. The summed E-state index contributed by atoms with van der Waals surface area (Å²) < 4.78 is 8.15.